The molecule has 1 aromatic rings. The molecule has 0 fully saturated rings. The number of nitrogens with zero attached hydrogens (tertiary/aromatic N) is 1. The Morgan fingerprint density at radius 2 is 2.19 bits per heavy atom. The van der Waals surface area contributed by atoms with Gasteiger partial charge in [0.2, 0.25) is 0 Å². The molecule has 84 valence electrons. The molecule has 0 saturated carbocycles. The van der Waals surface area contributed by atoms with Crippen LogP contribution in [0.3, 0.4) is 0 Å². The fraction of sp³-hybridized carbons (Fsp3) is 0.200. The highest BCUT2D eigenvalue weighted by Crippen LogP contribution is 2.28. The Hall–Kier alpha value is -1.48. The van der Waals surface area contributed by atoms with Crippen molar-refractivity contribution in [2.75, 3.05) is 0 Å². The van der Waals surface area contributed by atoms with Gasteiger partial charge < -0.3 is 5.11 Å². The maximum Gasteiger partial charge on any atom is 0.336 e. The van der Waals surface area contributed by atoms with Crippen LogP contribution in [0.2, 0.25) is 0 Å². The van der Waals surface area contributed by atoms with Crippen molar-refractivity contribution in [3.63, 3.8) is 0 Å². The van der Waals surface area contributed by atoms with Gasteiger partial charge in [0.05, 0.1) is 17.2 Å². The highest BCUT2D eigenvalue weighted by molar-refractivity contribution is 9.08. The molecule has 3 nitrogen and oxygen atoms in total. The van der Waals surface area contributed by atoms with Gasteiger partial charge in [0.25, 0.3) is 6.43 Å². The van der Waals surface area contributed by atoms with Crippen LogP contribution < -0.4 is 0 Å². The minimum absolute atomic E-state index is 0.0000151. The summed E-state index contributed by atoms with van der Waals surface area (Å²) in [5, 5.41) is 17.5. The standard InChI is InChI=1S/C10H6BrF2NO2/c11-3-8-6(9(12)13)1-5(4-14)2-7(8)10(15)16/h1-2,9H,3H2,(H,15,16). The number of alkyl halides is 3. The Morgan fingerprint density at radius 1 is 1.56 bits per heavy atom. The molecular formula is C10H6BrF2NO2. The largest absolute Gasteiger partial charge is 0.478 e. The van der Waals surface area contributed by atoms with E-state index in [2.05, 4.69) is 15.9 Å². The number of hydrogen-bond donors (Lipinski definition) is 1. The van der Waals surface area contributed by atoms with Crippen molar-refractivity contribution in [1.29, 1.82) is 5.26 Å². The van der Waals surface area contributed by atoms with Crippen molar-refractivity contribution in [3.8, 4) is 6.07 Å². The molecule has 0 aliphatic rings. The van der Waals surface area contributed by atoms with Crippen LogP contribution in [0.4, 0.5) is 8.78 Å². The van der Waals surface area contributed by atoms with E-state index in [1.54, 1.807) is 6.07 Å². The van der Waals surface area contributed by atoms with E-state index in [1.807, 2.05) is 0 Å². The van der Waals surface area contributed by atoms with Crippen LogP contribution in [-0.2, 0) is 5.33 Å². The maximum atomic E-state index is 12.7. The van der Waals surface area contributed by atoms with Gasteiger partial charge in [0, 0.05) is 10.9 Å². The van der Waals surface area contributed by atoms with E-state index >= 15 is 0 Å². The Balaban J connectivity index is 3.54. The molecule has 16 heavy (non-hydrogen) atoms. The summed E-state index contributed by atoms with van der Waals surface area (Å²) < 4.78 is 25.3. The first-order valence-corrected chi connectivity index (χ1v) is 5.27. The lowest BCUT2D eigenvalue weighted by Gasteiger charge is -2.10. The van der Waals surface area contributed by atoms with Crippen molar-refractivity contribution >= 4 is 21.9 Å². The Kier molecular flexibility index (Phi) is 3.96. The average molecular weight is 290 g/mol. The Bertz CT molecular complexity index is 469. The first-order chi connectivity index (χ1) is 7.51. The quantitative estimate of drug-likeness (QED) is 0.870. The number of rotatable bonds is 3. The molecule has 0 bridgehead atoms. The number of hydrogen-bond acceptors (Lipinski definition) is 2. The fourth-order valence-corrected chi connectivity index (χ4v) is 1.92. The number of nitriles is 1. The lowest BCUT2D eigenvalue weighted by atomic mass is 9.99. The smallest absolute Gasteiger partial charge is 0.336 e. The zero-order chi connectivity index (χ0) is 12.3. The van der Waals surface area contributed by atoms with E-state index in [9.17, 15) is 13.6 Å². The number of halogens is 3. The molecule has 0 aromatic heterocycles. The van der Waals surface area contributed by atoms with E-state index in [0.29, 0.717) is 0 Å². The molecule has 0 radical (unpaired) electrons. The van der Waals surface area contributed by atoms with Gasteiger partial charge in [0.15, 0.2) is 0 Å². The average Bonchev–Trinajstić information content (AvgIpc) is 2.26. The molecular weight excluding hydrogens is 284 g/mol. The topological polar surface area (TPSA) is 61.1 Å². The van der Waals surface area contributed by atoms with Crippen molar-refractivity contribution in [1.82, 2.24) is 0 Å². The molecule has 1 N–H and O–H groups in total. The van der Waals surface area contributed by atoms with Gasteiger partial charge >= 0.3 is 5.97 Å². The lowest BCUT2D eigenvalue weighted by Crippen LogP contribution is -2.06. The molecule has 0 atom stereocenters. The molecule has 0 unspecified atom stereocenters. The molecule has 0 spiro atoms. The van der Waals surface area contributed by atoms with Crippen LogP contribution in [0.5, 0.6) is 0 Å². The third kappa shape index (κ3) is 2.36. The first kappa shape index (κ1) is 12.6. The summed E-state index contributed by atoms with van der Waals surface area (Å²) in [4.78, 5) is 10.8. The predicted octanol–water partition coefficient (Wildman–Crippen LogP) is 3.09. The third-order valence-electron chi connectivity index (χ3n) is 2.01. The molecule has 0 saturated heterocycles. The van der Waals surface area contributed by atoms with Gasteiger partial charge in [-0.15, -0.1) is 0 Å². The van der Waals surface area contributed by atoms with Crippen LogP contribution >= 0.6 is 15.9 Å². The van der Waals surface area contributed by atoms with Crippen LogP contribution in [-0.4, -0.2) is 11.1 Å². The van der Waals surface area contributed by atoms with Crippen LogP contribution in [0.15, 0.2) is 12.1 Å². The van der Waals surface area contributed by atoms with E-state index in [-0.39, 0.29) is 22.0 Å². The molecule has 0 heterocycles. The lowest BCUT2D eigenvalue weighted by molar-refractivity contribution is 0.0695. The SMILES string of the molecule is N#Cc1cc(C(=O)O)c(CBr)c(C(F)F)c1. The highest BCUT2D eigenvalue weighted by Gasteiger charge is 2.20. The fourth-order valence-electron chi connectivity index (χ4n) is 1.29. The number of benzene rings is 1. The van der Waals surface area contributed by atoms with Gasteiger partial charge in [0.1, 0.15) is 0 Å². The zero-order valence-electron chi connectivity index (χ0n) is 7.88. The summed E-state index contributed by atoms with van der Waals surface area (Å²) in [7, 11) is 0. The van der Waals surface area contributed by atoms with Crippen LogP contribution in [0.25, 0.3) is 0 Å². The van der Waals surface area contributed by atoms with Gasteiger partial charge in [-0.2, -0.15) is 5.26 Å². The monoisotopic (exact) mass is 289 g/mol. The second kappa shape index (κ2) is 5.03. The van der Waals surface area contributed by atoms with E-state index in [1.165, 1.54) is 0 Å². The van der Waals surface area contributed by atoms with Crippen molar-refractivity contribution in [2.24, 2.45) is 0 Å². The zero-order valence-corrected chi connectivity index (χ0v) is 9.46. The van der Waals surface area contributed by atoms with Crippen molar-refractivity contribution in [3.05, 3.63) is 34.4 Å². The summed E-state index contributed by atoms with van der Waals surface area (Å²) in [6.45, 7) is 0. The summed E-state index contributed by atoms with van der Waals surface area (Å²) in [6.07, 6.45) is -2.81. The summed E-state index contributed by atoms with van der Waals surface area (Å²) in [6, 6.07) is 3.75. The number of aromatic carboxylic acids is 1. The van der Waals surface area contributed by atoms with Gasteiger partial charge in [-0.25, -0.2) is 13.6 Å². The molecule has 6 heteroatoms. The molecule has 0 amide bonds. The minimum Gasteiger partial charge on any atom is -0.478 e. The second-order valence-electron chi connectivity index (χ2n) is 2.94. The normalized spacial score (nSPS) is 10.2. The van der Waals surface area contributed by atoms with E-state index < -0.39 is 18.0 Å². The first-order valence-electron chi connectivity index (χ1n) is 4.15. The number of carbonyl (C=O) groups is 1. The maximum absolute atomic E-state index is 12.7. The summed E-state index contributed by atoms with van der Waals surface area (Å²) in [5.41, 5.74) is -0.779. The van der Waals surface area contributed by atoms with Gasteiger partial charge in [-0.05, 0) is 17.7 Å². The van der Waals surface area contributed by atoms with Crippen molar-refractivity contribution in [2.45, 2.75) is 11.8 Å². The van der Waals surface area contributed by atoms with E-state index in [4.69, 9.17) is 10.4 Å². The molecule has 1 aromatic carbocycles. The van der Waals surface area contributed by atoms with Gasteiger partial charge in [-0.3, -0.25) is 0 Å². The summed E-state index contributed by atoms with van der Waals surface area (Å²) >= 11 is 2.96. The third-order valence-corrected chi connectivity index (χ3v) is 2.57. The van der Waals surface area contributed by atoms with E-state index in [0.717, 1.165) is 12.1 Å². The van der Waals surface area contributed by atoms with Gasteiger partial charge in [-0.1, -0.05) is 15.9 Å². The minimum atomic E-state index is -2.81. The number of carboxylic acids is 1. The van der Waals surface area contributed by atoms with Crippen LogP contribution in [0, 0.1) is 11.3 Å². The predicted molar refractivity (Wildman–Crippen MR) is 55.7 cm³/mol. The Morgan fingerprint density at radius 3 is 2.56 bits per heavy atom. The molecule has 0 aliphatic carbocycles. The summed E-state index contributed by atoms with van der Waals surface area (Å²) in [5.74, 6) is -1.33. The highest BCUT2D eigenvalue weighted by atomic mass is 79.9. The van der Waals surface area contributed by atoms with Crippen molar-refractivity contribution < 1.29 is 18.7 Å². The molecule has 1 rings (SSSR count). The van der Waals surface area contributed by atoms with Crippen LogP contribution in [0.1, 0.15) is 33.5 Å². The number of carboxylic acid groups (broad SMARTS) is 1. The molecule has 0 aliphatic heterocycles. The second-order valence-corrected chi connectivity index (χ2v) is 3.50. The Labute approximate surface area is 98.4 Å².